The Hall–Kier alpha value is -4.62. The van der Waals surface area contributed by atoms with Crippen molar-refractivity contribution in [3.63, 3.8) is 0 Å². The molecule has 5 heterocycles. The third-order valence-corrected chi connectivity index (χ3v) is 9.89. The van der Waals surface area contributed by atoms with Crippen LogP contribution < -0.4 is 15.4 Å². The van der Waals surface area contributed by atoms with Gasteiger partial charge in [0.25, 0.3) is 0 Å². The van der Waals surface area contributed by atoms with Gasteiger partial charge in [0.2, 0.25) is 0 Å². The number of ether oxygens (including phenoxy) is 1. The molecule has 0 bridgehead atoms. The second kappa shape index (κ2) is 11.3. The van der Waals surface area contributed by atoms with Crippen molar-refractivity contribution < 1.29 is 35.5 Å². The van der Waals surface area contributed by atoms with E-state index in [9.17, 15) is 27.2 Å². The van der Waals surface area contributed by atoms with E-state index in [0.717, 1.165) is 24.6 Å². The van der Waals surface area contributed by atoms with Crippen LogP contribution in [-0.4, -0.2) is 58.3 Å². The number of nitrogens with two attached hydrogens (primary N) is 1. The highest BCUT2D eigenvalue weighted by Gasteiger charge is 2.49. The van der Waals surface area contributed by atoms with E-state index in [0.29, 0.717) is 30.1 Å². The third-order valence-electron chi connectivity index (χ3n) is 8.86. The first-order valence-corrected chi connectivity index (χ1v) is 15.3. The summed E-state index contributed by atoms with van der Waals surface area (Å²) >= 11 is 0.677. The molecule has 2 aromatic carbocycles. The second-order valence-electron chi connectivity index (χ2n) is 11.8. The van der Waals surface area contributed by atoms with Gasteiger partial charge in [-0.05, 0) is 37.1 Å². The molecule has 47 heavy (non-hydrogen) atoms. The van der Waals surface area contributed by atoms with E-state index < -0.39 is 46.2 Å². The Morgan fingerprint density at radius 2 is 2.09 bits per heavy atom. The zero-order valence-electron chi connectivity index (χ0n) is 24.7. The van der Waals surface area contributed by atoms with E-state index in [1.54, 1.807) is 6.07 Å². The lowest BCUT2D eigenvalue weighted by molar-refractivity contribution is -0.137. The summed E-state index contributed by atoms with van der Waals surface area (Å²) in [6.45, 7) is 0.929. The molecule has 2 fully saturated rings. The van der Waals surface area contributed by atoms with E-state index in [4.69, 9.17) is 14.9 Å². The number of nitrogens with zero attached hydrogens (tertiary/aromatic N) is 6. The lowest BCUT2D eigenvalue weighted by Crippen LogP contribution is -2.43. The first kappa shape index (κ1) is 31.0. The van der Waals surface area contributed by atoms with Crippen molar-refractivity contribution in [3.05, 3.63) is 59.3 Å². The number of hydrogen-bond donors (Lipinski definition) is 1. The average Bonchev–Trinajstić information content (AvgIpc) is 3.80. The predicted octanol–water partition coefficient (Wildman–Crippen LogP) is 6.84. The largest absolute Gasteiger partial charge is 0.461 e. The highest BCUT2D eigenvalue weighted by Crippen LogP contribution is 2.48. The Bertz CT molecular complexity index is 2060. The fourth-order valence-electron chi connectivity index (χ4n) is 6.82. The number of hydrogen-bond acceptors (Lipinski definition) is 10. The van der Waals surface area contributed by atoms with Gasteiger partial charge in [-0.3, -0.25) is 4.90 Å². The van der Waals surface area contributed by atoms with Crippen LogP contribution in [0.2, 0.25) is 0 Å². The SMILES string of the molecule is CN(Cc1cnco1)c1nc(OCC23CCCN2CC(F)C3)nc2c(F)c(-c3ccc(F)c4sc(N)c(C#N)c34)c(C(F)(F)F)cc12. The van der Waals surface area contributed by atoms with Crippen molar-refractivity contribution in [2.75, 3.05) is 37.4 Å². The van der Waals surface area contributed by atoms with Crippen LogP contribution in [0, 0.1) is 23.0 Å². The number of aromatic nitrogens is 3. The second-order valence-corrected chi connectivity index (χ2v) is 12.8. The van der Waals surface area contributed by atoms with Crippen molar-refractivity contribution >= 4 is 43.1 Å². The van der Waals surface area contributed by atoms with E-state index in [2.05, 4.69) is 15.0 Å². The van der Waals surface area contributed by atoms with E-state index >= 15 is 4.39 Å². The maximum Gasteiger partial charge on any atom is 0.417 e. The topological polar surface area (TPSA) is 117 Å². The van der Waals surface area contributed by atoms with Gasteiger partial charge in [-0.2, -0.15) is 28.4 Å². The van der Waals surface area contributed by atoms with Crippen LogP contribution in [-0.2, 0) is 12.7 Å². The van der Waals surface area contributed by atoms with Gasteiger partial charge >= 0.3 is 12.2 Å². The average molecular weight is 674 g/mol. The fraction of sp³-hybridized carbons (Fsp3) is 0.355. The number of halogens is 6. The standard InChI is InChI=1S/C31H25F6N7O2S/c1-43(12-16-10-40-14-46-16)28-18-7-20(31(35,36)37)23(17-3-4-21(33)26-22(17)19(9-38)27(39)47-26)24(34)25(18)41-29(42-28)45-13-30-5-2-6-44(30)11-15(32)8-30/h3-4,7,10,14-15H,2,5-6,8,11-13,39H2,1H3. The van der Waals surface area contributed by atoms with Gasteiger partial charge < -0.3 is 19.8 Å². The molecule has 2 atom stereocenters. The molecule has 2 saturated heterocycles. The molecule has 0 spiro atoms. The van der Waals surface area contributed by atoms with E-state index in [-0.39, 0.29) is 69.5 Å². The van der Waals surface area contributed by atoms with Crippen LogP contribution >= 0.6 is 11.3 Å². The highest BCUT2D eigenvalue weighted by atomic mass is 32.1. The van der Waals surface area contributed by atoms with Crippen LogP contribution in [0.4, 0.5) is 37.2 Å². The van der Waals surface area contributed by atoms with Crippen LogP contribution in [0.25, 0.3) is 32.1 Å². The first-order valence-electron chi connectivity index (χ1n) is 14.5. The summed E-state index contributed by atoms with van der Waals surface area (Å²) in [6, 6.07) is 4.09. The lowest BCUT2D eigenvalue weighted by Gasteiger charge is -2.31. The van der Waals surface area contributed by atoms with Crippen molar-refractivity contribution in [1.29, 1.82) is 5.26 Å². The molecule has 5 aromatic rings. The number of oxazole rings is 1. The summed E-state index contributed by atoms with van der Waals surface area (Å²) in [6.07, 6.45) is -1.81. The minimum absolute atomic E-state index is 0.00415. The number of anilines is 2. The molecule has 244 valence electrons. The minimum Gasteiger partial charge on any atom is -0.461 e. The summed E-state index contributed by atoms with van der Waals surface area (Å²) in [7, 11) is 1.52. The number of benzene rings is 2. The lowest BCUT2D eigenvalue weighted by atomic mass is 9.92. The molecule has 0 aliphatic carbocycles. The Labute approximate surface area is 267 Å². The summed E-state index contributed by atoms with van der Waals surface area (Å²) in [4.78, 5) is 16.0. The Morgan fingerprint density at radius 3 is 2.81 bits per heavy atom. The zero-order chi connectivity index (χ0) is 33.2. The Kier molecular flexibility index (Phi) is 7.43. The van der Waals surface area contributed by atoms with E-state index in [1.807, 2.05) is 4.90 Å². The molecule has 2 aliphatic heterocycles. The maximum absolute atomic E-state index is 16.9. The van der Waals surface area contributed by atoms with Crippen molar-refractivity contribution in [1.82, 2.24) is 19.9 Å². The quantitative estimate of drug-likeness (QED) is 0.185. The molecule has 9 nitrogen and oxygen atoms in total. The van der Waals surface area contributed by atoms with Crippen LogP contribution in [0.3, 0.4) is 0 Å². The van der Waals surface area contributed by atoms with Gasteiger partial charge in [-0.1, -0.05) is 6.07 Å². The molecule has 0 amide bonds. The number of nitriles is 1. The molecule has 2 N–H and O–H groups in total. The summed E-state index contributed by atoms with van der Waals surface area (Å²) in [5.74, 6) is -1.96. The molecule has 2 aliphatic rings. The molecule has 3 aromatic heterocycles. The van der Waals surface area contributed by atoms with Gasteiger partial charge in [-0.15, -0.1) is 11.3 Å². The highest BCUT2D eigenvalue weighted by molar-refractivity contribution is 7.23. The molecule has 0 radical (unpaired) electrons. The molecular weight excluding hydrogens is 648 g/mol. The monoisotopic (exact) mass is 673 g/mol. The number of alkyl halides is 4. The van der Waals surface area contributed by atoms with Gasteiger partial charge in [0.05, 0.1) is 34.1 Å². The van der Waals surface area contributed by atoms with Crippen molar-refractivity contribution in [3.8, 4) is 23.2 Å². The number of fused-ring (bicyclic) bond motifs is 3. The smallest absolute Gasteiger partial charge is 0.417 e. The maximum atomic E-state index is 16.9. The summed E-state index contributed by atoms with van der Waals surface area (Å²) in [5, 5.41) is 9.11. The molecule has 0 saturated carbocycles. The van der Waals surface area contributed by atoms with Gasteiger partial charge in [0.15, 0.2) is 12.2 Å². The predicted molar refractivity (Wildman–Crippen MR) is 162 cm³/mol. The van der Waals surface area contributed by atoms with E-state index in [1.165, 1.54) is 24.5 Å². The summed E-state index contributed by atoms with van der Waals surface area (Å²) < 4.78 is 102. The van der Waals surface area contributed by atoms with Crippen LogP contribution in [0.1, 0.15) is 36.1 Å². The molecule has 7 rings (SSSR count). The molecule has 16 heteroatoms. The van der Waals surface area contributed by atoms with Gasteiger partial charge in [-0.25, -0.2) is 18.2 Å². The normalized spacial score (nSPS) is 19.8. The third kappa shape index (κ3) is 5.17. The van der Waals surface area contributed by atoms with Crippen LogP contribution in [0.5, 0.6) is 6.01 Å². The van der Waals surface area contributed by atoms with Gasteiger partial charge in [0.1, 0.15) is 46.8 Å². The molecule has 2 unspecified atom stereocenters. The van der Waals surface area contributed by atoms with Crippen LogP contribution in [0.15, 0.2) is 35.2 Å². The van der Waals surface area contributed by atoms with Gasteiger partial charge in [0, 0.05) is 36.3 Å². The van der Waals surface area contributed by atoms with Crippen molar-refractivity contribution in [2.45, 2.75) is 43.7 Å². The number of thiophene rings is 1. The zero-order valence-corrected chi connectivity index (χ0v) is 25.5. The number of nitrogen functional groups attached to an aromatic ring is 1. The fourth-order valence-corrected chi connectivity index (χ4v) is 7.77. The Morgan fingerprint density at radius 1 is 1.28 bits per heavy atom. The Balaban J connectivity index is 1.45. The molecular formula is C31H25F6N7O2S. The number of rotatable bonds is 7. The van der Waals surface area contributed by atoms with Crippen molar-refractivity contribution in [2.24, 2.45) is 0 Å². The summed E-state index contributed by atoms with van der Waals surface area (Å²) in [5.41, 5.74) is 1.83. The first-order chi connectivity index (χ1) is 22.4. The minimum atomic E-state index is -5.11.